The standard InChI is InChI=1S/C23H19N3O4/c1-3-14-20(16-10-30-19-7-4-12(2)8-15(19)21(16)27)26(23(29)22(14)28)13-5-6-17-18(9-13)25-11-24-17/h4-11,28-29H,3H2,1-2H3,(H,24,25). The zero-order valence-corrected chi connectivity index (χ0v) is 16.4. The Bertz CT molecular complexity index is 1490. The van der Waals surface area contributed by atoms with Crippen LogP contribution in [0.1, 0.15) is 18.1 Å². The quantitative estimate of drug-likeness (QED) is 0.415. The van der Waals surface area contributed by atoms with Gasteiger partial charge in [-0.15, -0.1) is 0 Å². The molecule has 0 aliphatic rings. The zero-order valence-electron chi connectivity index (χ0n) is 16.4. The van der Waals surface area contributed by atoms with E-state index in [9.17, 15) is 15.0 Å². The van der Waals surface area contributed by atoms with Crippen LogP contribution in [0.2, 0.25) is 0 Å². The lowest BCUT2D eigenvalue weighted by molar-refractivity contribution is 0.385. The third kappa shape index (κ3) is 2.52. The van der Waals surface area contributed by atoms with Gasteiger partial charge in [0.05, 0.1) is 39.7 Å². The molecule has 0 fully saturated rings. The molecule has 3 N–H and O–H groups in total. The third-order valence-electron chi connectivity index (χ3n) is 5.42. The summed E-state index contributed by atoms with van der Waals surface area (Å²) in [6.07, 6.45) is 3.39. The summed E-state index contributed by atoms with van der Waals surface area (Å²) in [5, 5.41) is 21.8. The molecule has 0 spiro atoms. The number of rotatable bonds is 3. The number of fused-ring (bicyclic) bond motifs is 2. The van der Waals surface area contributed by atoms with E-state index in [2.05, 4.69) is 9.97 Å². The topological polar surface area (TPSA) is 104 Å². The molecule has 7 nitrogen and oxygen atoms in total. The van der Waals surface area contributed by atoms with Crippen molar-refractivity contribution in [1.82, 2.24) is 14.5 Å². The fourth-order valence-corrected chi connectivity index (χ4v) is 3.93. The van der Waals surface area contributed by atoms with Crippen molar-refractivity contribution in [2.45, 2.75) is 20.3 Å². The van der Waals surface area contributed by atoms with E-state index in [0.717, 1.165) is 16.6 Å². The molecular weight excluding hydrogens is 382 g/mol. The van der Waals surface area contributed by atoms with E-state index in [4.69, 9.17) is 4.42 Å². The van der Waals surface area contributed by atoms with Crippen molar-refractivity contribution in [2.24, 2.45) is 0 Å². The van der Waals surface area contributed by atoms with Gasteiger partial charge in [0.1, 0.15) is 11.8 Å². The molecule has 3 aromatic heterocycles. The summed E-state index contributed by atoms with van der Waals surface area (Å²) in [5.74, 6) is -0.578. The van der Waals surface area contributed by atoms with E-state index < -0.39 is 0 Å². The molecule has 0 saturated carbocycles. The van der Waals surface area contributed by atoms with Gasteiger partial charge in [0.2, 0.25) is 11.3 Å². The van der Waals surface area contributed by atoms with Gasteiger partial charge < -0.3 is 19.6 Å². The first-order valence-electron chi connectivity index (χ1n) is 9.61. The third-order valence-corrected chi connectivity index (χ3v) is 5.42. The maximum atomic E-state index is 13.4. The lowest BCUT2D eigenvalue weighted by Gasteiger charge is -2.12. The number of imidazole rings is 1. The number of nitrogens with zero attached hydrogens (tertiary/aromatic N) is 2. The molecule has 3 heterocycles. The van der Waals surface area contributed by atoms with E-state index in [1.165, 1.54) is 10.8 Å². The van der Waals surface area contributed by atoms with Gasteiger partial charge in [-0.2, -0.15) is 0 Å². The Morgan fingerprint density at radius 1 is 1.17 bits per heavy atom. The summed E-state index contributed by atoms with van der Waals surface area (Å²) < 4.78 is 7.21. The maximum absolute atomic E-state index is 13.4. The van der Waals surface area contributed by atoms with Crippen molar-refractivity contribution in [3.8, 4) is 28.6 Å². The summed E-state index contributed by atoms with van der Waals surface area (Å²) in [7, 11) is 0. The van der Waals surface area contributed by atoms with Gasteiger partial charge in [0.15, 0.2) is 5.75 Å². The van der Waals surface area contributed by atoms with Gasteiger partial charge in [-0.1, -0.05) is 18.6 Å². The number of aromatic hydroxyl groups is 2. The average Bonchev–Trinajstić information content (AvgIpc) is 3.31. The predicted octanol–water partition coefficient (Wildman–Crippen LogP) is 4.41. The molecule has 0 saturated heterocycles. The molecule has 0 unspecified atom stereocenters. The number of hydrogen-bond acceptors (Lipinski definition) is 5. The van der Waals surface area contributed by atoms with Gasteiger partial charge in [0.25, 0.3) is 0 Å². The van der Waals surface area contributed by atoms with Gasteiger partial charge >= 0.3 is 0 Å². The molecule has 5 rings (SSSR count). The fourth-order valence-electron chi connectivity index (χ4n) is 3.93. The van der Waals surface area contributed by atoms with Crippen molar-refractivity contribution < 1.29 is 14.6 Å². The van der Waals surface area contributed by atoms with Crippen LogP contribution in [0, 0.1) is 6.92 Å². The van der Waals surface area contributed by atoms with Crippen LogP contribution >= 0.6 is 0 Å². The zero-order chi connectivity index (χ0) is 21.0. The second-order valence-electron chi connectivity index (χ2n) is 7.27. The molecule has 0 radical (unpaired) electrons. The Morgan fingerprint density at radius 3 is 2.80 bits per heavy atom. The molecule has 30 heavy (non-hydrogen) atoms. The Balaban J connectivity index is 1.86. The van der Waals surface area contributed by atoms with Crippen LogP contribution in [0.4, 0.5) is 0 Å². The minimum Gasteiger partial charge on any atom is -0.503 e. The van der Waals surface area contributed by atoms with Crippen molar-refractivity contribution >= 4 is 22.0 Å². The van der Waals surface area contributed by atoms with Gasteiger partial charge in [-0.25, -0.2) is 4.98 Å². The first-order chi connectivity index (χ1) is 14.5. The highest BCUT2D eigenvalue weighted by atomic mass is 16.3. The van der Waals surface area contributed by atoms with E-state index >= 15 is 0 Å². The van der Waals surface area contributed by atoms with Crippen LogP contribution in [0.15, 0.2) is 58.2 Å². The molecule has 150 valence electrons. The smallest absolute Gasteiger partial charge is 0.240 e. The highest BCUT2D eigenvalue weighted by Gasteiger charge is 2.26. The monoisotopic (exact) mass is 401 g/mol. The molecule has 2 aromatic carbocycles. The predicted molar refractivity (Wildman–Crippen MR) is 114 cm³/mol. The molecule has 7 heteroatoms. The molecule has 0 aliphatic carbocycles. The first kappa shape index (κ1) is 18.1. The lowest BCUT2D eigenvalue weighted by Crippen LogP contribution is -2.09. The number of aromatic nitrogens is 3. The average molecular weight is 401 g/mol. The number of H-pyrrole nitrogens is 1. The molecule has 0 amide bonds. The van der Waals surface area contributed by atoms with Crippen LogP contribution in [0.5, 0.6) is 11.6 Å². The summed E-state index contributed by atoms with van der Waals surface area (Å²) >= 11 is 0. The molecular formula is C23H19N3O4. The van der Waals surface area contributed by atoms with Gasteiger partial charge in [-0.05, 0) is 43.7 Å². The SMILES string of the molecule is CCc1c(O)c(O)n(-c2ccc3nc[nH]c3c2)c1-c1coc2ccc(C)cc2c1=O. The Labute approximate surface area is 170 Å². The Hall–Kier alpha value is -4.00. The minimum atomic E-state index is -0.329. The Kier molecular flexibility index (Phi) is 3.92. The number of nitrogens with one attached hydrogen (secondary N) is 1. The molecule has 0 atom stereocenters. The number of aromatic amines is 1. The summed E-state index contributed by atoms with van der Waals surface area (Å²) in [6.45, 7) is 3.76. The van der Waals surface area contributed by atoms with Crippen molar-refractivity contribution in [3.05, 3.63) is 70.3 Å². The number of hydrogen-bond donors (Lipinski definition) is 3. The second-order valence-corrected chi connectivity index (χ2v) is 7.27. The van der Waals surface area contributed by atoms with Crippen LogP contribution in [-0.4, -0.2) is 24.7 Å². The second kappa shape index (κ2) is 6.52. The van der Waals surface area contributed by atoms with Crippen LogP contribution in [0.25, 0.3) is 38.9 Å². The summed E-state index contributed by atoms with van der Waals surface area (Å²) in [6, 6.07) is 10.8. The Morgan fingerprint density at radius 2 is 2.00 bits per heavy atom. The minimum absolute atomic E-state index is 0.226. The van der Waals surface area contributed by atoms with Crippen LogP contribution in [-0.2, 0) is 6.42 Å². The van der Waals surface area contributed by atoms with Crippen molar-refractivity contribution in [2.75, 3.05) is 0 Å². The molecule has 5 aromatic rings. The maximum Gasteiger partial charge on any atom is 0.240 e. The van der Waals surface area contributed by atoms with Crippen molar-refractivity contribution in [1.29, 1.82) is 0 Å². The number of aryl methyl sites for hydroxylation is 1. The van der Waals surface area contributed by atoms with Crippen LogP contribution < -0.4 is 5.43 Å². The largest absolute Gasteiger partial charge is 0.503 e. The number of benzene rings is 2. The van der Waals surface area contributed by atoms with E-state index in [1.807, 2.05) is 19.9 Å². The van der Waals surface area contributed by atoms with E-state index in [0.29, 0.717) is 34.3 Å². The van der Waals surface area contributed by atoms with Gasteiger partial charge in [-0.3, -0.25) is 9.36 Å². The lowest BCUT2D eigenvalue weighted by atomic mass is 10.0. The van der Waals surface area contributed by atoms with Crippen LogP contribution in [0.3, 0.4) is 0 Å². The van der Waals surface area contributed by atoms with Gasteiger partial charge in [0, 0.05) is 5.56 Å². The highest BCUT2D eigenvalue weighted by molar-refractivity contribution is 5.84. The first-order valence-corrected chi connectivity index (χ1v) is 9.61. The van der Waals surface area contributed by atoms with Crippen molar-refractivity contribution in [3.63, 3.8) is 0 Å². The fraction of sp³-hybridized carbons (Fsp3) is 0.130. The van der Waals surface area contributed by atoms with E-state index in [-0.39, 0.29) is 22.6 Å². The summed E-state index contributed by atoms with van der Waals surface area (Å²) in [5.41, 5.74) is 4.46. The summed E-state index contributed by atoms with van der Waals surface area (Å²) in [4.78, 5) is 20.6. The highest BCUT2D eigenvalue weighted by Crippen LogP contribution is 2.43. The molecule has 0 bridgehead atoms. The van der Waals surface area contributed by atoms with E-state index in [1.54, 1.807) is 36.7 Å². The normalized spacial score (nSPS) is 11.5. The molecule has 0 aliphatic heterocycles.